The van der Waals surface area contributed by atoms with Crippen LogP contribution in [-0.2, 0) is 4.79 Å². The number of carbonyl (C=O) groups is 1. The molecule has 19 heavy (non-hydrogen) atoms. The van der Waals surface area contributed by atoms with Crippen molar-refractivity contribution in [2.45, 2.75) is 69.0 Å². The summed E-state index contributed by atoms with van der Waals surface area (Å²) in [5.74, 6) is 0.550. The van der Waals surface area contributed by atoms with E-state index in [-0.39, 0.29) is 5.92 Å². The third-order valence-corrected chi connectivity index (χ3v) is 5.57. The topological polar surface area (TPSA) is 58.4 Å². The molecule has 3 aliphatic rings. The minimum Gasteiger partial charge on any atom is -0.353 e. The van der Waals surface area contributed by atoms with Gasteiger partial charge in [0, 0.05) is 23.5 Å². The molecular weight excluding hydrogens is 238 g/mol. The van der Waals surface area contributed by atoms with Gasteiger partial charge in [-0.2, -0.15) is 0 Å². The predicted molar refractivity (Wildman–Crippen MR) is 75.7 cm³/mol. The molecule has 108 valence electrons. The Hall–Kier alpha value is -0.610. The number of amides is 1. The zero-order valence-corrected chi connectivity index (χ0v) is 12.0. The van der Waals surface area contributed by atoms with Crippen LogP contribution in [0.2, 0.25) is 0 Å². The van der Waals surface area contributed by atoms with Gasteiger partial charge in [0.2, 0.25) is 5.91 Å². The van der Waals surface area contributed by atoms with Crippen LogP contribution in [0, 0.1) is 5.92 Å². The molecule has 0 radical (unpaired) electrons. The SMILES string of the molecule is CN1CCC(C(=O)NC2CCC(N)CC2)CC12CC2. The smallest absolute Gasteiger partial charge is 0.223 e. The molecule has 0 aromatic carbocycles. The lowest BCUT2D eigenvalue weighted by molar-refractivity contribution is -0.128. The van der Waals surface area contributed by atoms with E-state index in [0.29, 0.717) is 23.5 Å². The number of hydrogen-bond acceptors (Lipinski definition) is 3. The third kappa shape index (κ3) is 2.79. The number of nitrogens with zero attached hydrogens (tertiary/aromatic N) is 1. The molecule has 4 nitrogen and oxygen atoms in total. The molecule has 3 fully saturated rings. The summed E-state index contributed by atoms with van der Waals surface area (Å²) in [6, 6.07) is 0.730. The van der Waals surface area contributed by atoms with E-state index in [1.807, 2.05) is 0 Å². The van der Waals surface area contributed by atoms with E-state index < -0.39 is 0 Å². The molecule has 2 aliphatic carbocycles. The zero-order chi connectivity index (χ0) is 13.5. The van der Waals surface area contributed by atoms with E-state index in [4.69, 9.17) is 5.73 Å². The molecule has 0 aromatic rings. The van der Waals surface area contributed by atoms with E-state index in [1.54, 1.807) is 0 Å². The molecule has 4 heteroatoms. The molecule has 1 atom stereocenters. The number of hydrogen-bond donors (Lipinski definition) is 2. The Balaban J connectivity index is 1.50. The van der Waals surface area contributed by atoms with Crippen molar-refractivity contribution in [3.63, 3.8) is 0 Å². The fraction of sp³-hybridized carbons (Fsp3) is 0.933. The molecule has 2 saturated carbocycles. The molecule has 1 spiro atoms. The van der Waals surface area contributed by atoms with Gasteiger partial charge in [0.25, 0.3) is 0 Å². The van der Waals surface area contributed by atoms with Crippen LogP contribution in [0.15, 0.2) is 0 Å². The highest BCUT2D eigenvalue weighted by atomic mass is 16.2. The van der Waals surface area contributed by atoms with Gasteiger partial charge in [-0.15, -0.1) is 0 Å². The minimum atomic E-state index is 0.245. The van der Waals surface area contributed by atoms with Crippen molar-refractivity contribution in [1.29, 1.82) is 0 Å². The first-order valence-electron chi connectivity index (χ1n) is 7.86. The molecular formula is C15H27N3O. The van der Waals surface area contributed by atoms with E-state index in [9.17, 15) is 4.79 Å². The molecule has 0 bridgehead atoms. The average Bonchev–Trinajstić information content (AvgIpc) is 3.16. The maximum atomic E-state index is 12.4. The van der Waals surface area contributed by atoms with Crippen molar-refractivity contribution in [1.82, 2.24) is 10.2 Å². The molecule has 0 aromatic heterocycles. The number of nitrogens with two attached hydrogens (primary N) is 1. The van der Waals surface area contributed by atoms with Gasteiger partial charge in [0.05, 0.1) is 0 Å². The Morgan fingerprint density at radius 2 is 1.89 bits per heavy atom. The highest BCUT2D eigenvalue weighted by molar-refractivity contribution is 5.79. The first kappa shape index (κ1) is 13.4. The second-order valence-corrected chi connectivity index (χ2v) is 6.96. The molecule has 1 unspecified atom stereocenters. The maximum Gasteiger partial charge on any atom is 0.223 e. The van der Waals surface area contributed by atoms with E-state index >= 15 is 0 Å². The van der Waals surface area contributed by atoms with Gasteiger partial charge in [-0.05, 0) is 65.0 Å². The van der Waals surface area contributed by atoms with Gasteiger partial charge in [0.15, 0.2) is 0 Å². The molecule has 3 N–H and O–H groups in total. The monoisotopic (exact) mass is 265 g/mol. The largest absolute Gasteiger partial charge is 0.353 e. The van der Waals surface area contributed by atoms with Gasteiger partial charge in [-0.1, -0.05) is 0 Å². The summed E-state index contributed by atoms with van der Waals surface area (Å²) in [6.45, 7) is 1.08. The fourth-order valence-electron chi connectivity index (χ4n) is 3.84. The molecule has 1 heterocycles. The second kappa shape index (κ2) is 5.06. The van der Waals surface area contributed by atoms with Gasteiger partial charge in [0.1, 0.15) is 0 Å². The number of likely N-dealkylation sites (tertiary alicyclic amines) is 1. The van der Waals surface area contributed by atoms with Crippen molar-refractivity contribution in [2.75, 3.05) is 13.6 Å². The van der Waals surface area contributed by atoms with Crippen LogP contribution in [0.5, 0.6) is 0 Å². The molecule has 3 rings (SSSR count). The van der Waals surface area contributed by atoms with Crippen molar-refractivity contribution < 1.29 is 4.79 Å². The van der Waals surface area contributed by atoms with Crippen molar-refractivity contribution >= 4 is 5.91 Å². The second-order valence-electron chi connectivity index (χ2n) is 6.96. The van der Waals surface area contributed by atoms with Crippen LogP contribution in [0.3, 0.4) is 0 Å². The number of nitrogens with one attached hydrogen (secondary N) is 1. The summed E-state index contributed by atoms with van der Waals surface area (Å²) < 4.78 is 0. The Morgan fingerprint density at radius 3 is 2.53 bits per heavy atom. The highest BCUT2D eigenvalue weighted by Gasteiger charge is 2.51. The van der Waals surface area contributed by atoms with Crippen LogP contribution < -0.4 is 11.1 Å². The summed E-state index contributed by atoms with van der Waals surface area (Å²) in [4.78, 5) is 14.9. The van der Waals surface area contributed by atoms with E-state index in [0.717, 1.165) is 45.1 Å². The average molecular weight is 265 g/mol. The van der Waals surface area contributed by atoms with Crippen LogP contribution in [0.25, 0.3) is 0 Å². The summed E-state index contributed by atoms with van der Waals surface area (Å²) in [7, 11) is 2.21. The van der Waals surface area contributed by atoms with Crippen LogP contribution >= 0.6 is 0 Å². The lowest BCUT2D eigenvalue weighted by Gasteiger charge is -2.38. The van der Waals surface area contributed by atoms with Crippen molar-refractivity contribution in [3.05, 3.63) is 0 Å². The number of carbonyl (C=O) groups excluding carboxylic acids is 1. The lowest BCUT2D eigenvalue weighted by atomic mass is 9.87. The van der Waals surface area contributed by atoms with Crippen LogP contribution in [0.4, 0.5) is 0 Å². The van der Waals surface area contributed by atoms with Crippen molar-refractivity contribution in [3.8, 4) is 0 Å². The highest BCUT2D eigenvalue weighted by Crippen LogP contribution is 2.49. The normalized spacial score (nSPS) is 38.1. The van der Waals surface area contributed by atoms with Crippen LogP contribution in [-0.4, -0.2) is 42.0 Å². The molecule has 1 aliphatic heterocycles. The Bertz CT molecular complexity index is 345. The molecule has 1 amide bonds. The predicted octanol–water partition coefficient (Wildman–Crippen LogP) is 1.25. The number of rotatable bonds is 2. The Labute approximate surface area is 116 Å². The summed E-state index contributed by atoms with van der Waals surface area (Å²) in [5, 5.41) is 3.28. The number of piperidine rings is 1. The van der Waals surface area contributed by atoms with Gasteiger partial charge in [-0.3, -0.25) is 4.79 Å². The summed E-state index contributed by atoms with van der Waals surface area (Å²) in [5.41, 5.74) is 6.30. The zero-order valence-electron chi connectivity index (χ0n) is 12.0. The summed E-state index contributed by atoms with van der Waals surface area (Å²) in [6.07, 6.45) is 8.90. The standard InChI is InChI=1S/C15H27N3O/c1-18-9-6-11(10-15(18)7-8-15)14(19)17-13-4-2-12(16)3-5-13/h11-13H,2-10,16H2,1H3,(H,17,19). The fourth-order valence-corrected chi connectivity index (χ4v) is 3.84. The Kier molecular flexibility index (Phi) is 3.56. The quantitative estimate of drug-likeness (QED) is 0.790. The first-order chi connectivity index (χ1) is 9.09. The van der Waals surface area contributed by atoms with Crippen LogP contribution in [0.1, 0.15) is 51.4 Å². The van der Waals surface area contributed by atoms with Gasteiger partial charge >= 0.3 is 0 Å². The van der Waals surface area contributed by atoms with E-state index in [1.165, 1.54) is 12.8 Å². The van der Waals surface area contributed by atoms with Gasteiger partial charge in [-0.25, -0.2) is 0 Å². The first-order valence-corrected chi connectivity index (χ1v) is 7.86. The van der Waals surface area contributed by atoms with Gasteiger partial charge < -0.3 is 16.0 Å². The minimum absolute atomic E-state index is 0.245. The molecule has 1 saturated heterocycles. The lowest BCUT2D eigenvalue weighted by Crippen LogP contribution is -2.49. The third-order valence-electron chi connectivity index (χ3n) is 5.57. The van der Waals surface area contributed by atoms with E-state index in [2.05, 4.69) is 17.3 Å². The van der Waals surface area contributed by atoms with Crippen molar-refractivity contribution in [2.24, 2.45) is 11.7 Å². The summed E-state index contributed by atoms with van der Waals surface area (Å²) >= 11 is 0. The Morgan fingerprint density at radius 1 is 1.21 bits per heavy atom. The maximum absolute atomic E-state index is 12.4.